The quantitative estimate of drug-likeness (QED) is 0.672. The van der Waals surface area contributed by atoms with Crippen molar-refractivity contribution in [1.29, 1.82) is 0 Å². The second kappa shape index (κ2) is 9.26. The standard InChI is InChI=1S/C27H34N2O4/c1-31-24-12-18(13-25(32-2)27(24)33-3)16-29-23-10-11-28(17-21(23)8-9-26(29)30)22-14-19-6-4-5-7-20(19)15-22/h4-7,12-13,21-23H,8-11,14-17H2,1-3H3/t21-,23+/m0/s1. The van der Waals surface area contributed by atoms with E-state index in [1.165, 1.54) is 11.1 Å². The maximum absolute atomic E-state index is 13.0. The Morgan fingerprint density at radius 2 is 1.61 bits per heavy atom. The Morgan fingerprint density at radius 3 is 2.21 bits per heavy atom. The first-order valence-corrected chi connectivity index (χ1v) is 12.0. The third kappa shape index (κ3) is 4.17. The summed E-state index contributed by atoms with van der Waals surface area (Å²) in [5, 5.41) is 0. The fourth-order valence-corrected chi connectivity index (χ4v) is 6.13. The third-order valence-electron chi connectivity index (χ3n) is 7.80. The first-order valence-electron chi connectivity index (χ1n) is 12.0. The first kappa shape index (κ1) is 22.1. The van der Waals surface area contributed by atoms with Gasteiger partial charge in [-0.2, -0.15) is 0 Å². The van der Waals surface area contributed by atoms with Crippen LogP contribution in [-0.4, -0.2) is 62.2 Å². The highest BCUT2D eigenvalue weighted by molar-refractivity contribution is 5.77. The number of likely N-dealkylation sites (tertiary alicyclic amines) is 2. The van der Waals surface area contributed by atoms with Crippen molar-refractivity contribution in [2.45, 2.75) is 50.7 Å². The maximum atomic E-state index is 13.0. The van der Waals surface area contributed by atoms with Crippen LogP contribution < -0.4 is 14.2 Å². The lowest BCUT2D eigenvalue weighted by Crippen LogP contribution is -2.57. The molecular weight excluding hydrogens is 416 g/mol. The number of fused-ring (bicyclic) bond motifs is 2. The second-order valence-electron chi connectivity index (χ2n) is 9.54. The Labute approximate surface area is 196 Å². The van der Waals surface area contributed by atoms with E-state index in [4.69, 9.17) is 14.2 Å². The van der Waals surface area contributed by atoms with Gasteiger partial charge in [0.25, 0.3) is 0 Å². The summed E-state index contributed by atoms with van der Waals surface area (Å²) in [5.41, 5.74) is 4.02. The number of hydrogen-bond acceptors (Lipinski definition) is 5. The lowest BCUT2D eigenvalue weighted by molar-refractivity contribution is -0.142. The minimum atomic E-state index is 0.256. The van der Waals surface area contributed by atoms with E-state index < -0.39 is 0 Å². The summed E-state index contributed by atoms with van der Waals surface area (Å²) in [6, 6.07) is 13.7. The molecule has 0 unspecified atom stereocenters. The zero-order chi connectivity index (χ0) is 22.9. The number of rotatable bonds is 6. The molecule has 2 aromatic carbocycles. The maximum Gasteiger partial charge on any atom is 0.223 e. The lowest BCUT2D eigenvalue weighted by Gasteiger charge is -2.48. The fourth-order valence-electron chi connectivity index (χ4n) is 6.13. The number of carbonyl (C=O) groups is 1. The van der Waals surface area contributed by atoms with Gasteiger partial charge in [-0.05, 0) is 60.4 Å². The summed E-state index contributed by atoms with van der Waals surface area (Å²) >= 11 is 0. The molecule has 2 atom stereocenters. The van der Waals surface area contributed by atoms with Gasteiger partial charge < -0.3 is 19.1 Å². The van der Waals surface area contributed by atoms with Crippen molar-refractivity contribution >= 4 is 5.91 Å². The largest absolute Gasteiger partial charge is 0.493 e. The Balaban J connectivity index is 1.30. The van der Waals surface area contributed by atoms with Gasteiger partial charge in [-0.1, -0.05) is 24.3 Å². The van der Waals surface area contributed by atoms with Crippen molar-refractivity contribution in [2.75, 3.05) is 34.4 Å². The number of methoxy groups -OCH3 is 3. The molecule has 2 heterocycles. The van der Waals surface area contributed by atoms with Gasteiger partial charge in [0, 0.05) is 38.1 Å². The molecule has 1 amide bonds. The highest BCUT2D eigenvalue weighted by Crippen LogP contribution is 2.40. The average Bonchev–Trinajstić information content (AvgIpc) is 3.29. The topological polar surface area (TPSA) is 51.2 Å². The van der Waals surface area contributed by atoms with Crippen LogP contribution in [0.25, 0.3) is 0 Å². The van der Waals surface area contributed by atoms with Gasteiger partial charge >= 0.3 is 0 Å². The summed E-state index contributed by atoms with van der Waals surface area (Å²) in [6.45, 7) is 2.72. The molecule has 6 nitrogen and oxygen atoms in total. The van der Waals surface area contributed by atoms with E-state index in [1.54, 1.807) is 21.3 Å². The number of ether oxygens (including phenoxy) is 3. The molecule has 0 bridgehead atoms. The summed E-state index contributed by atoms with van der Waals surface area (Å²) < 4.78 is 16.5. The van der Waals surface area contributed by atoms with Crippen molar-refractivity contribution in [1.82, 2.24) is 9.80 Å². The fraction of sp³-hybridized carbons (Fsp3) is 0.519. The van der Waals surface area contributed by atoms with Gasteiger partial charge in [-0.3, -0.25) is 9.69 Å². The van der Waals surface area contributed by atoms with Crippen LogP contribution in [0, 0.1) is 5.92 Å². The average molecular weight is 451 g/mol. The molecular formula is C27H34N2O4. The number of benzene rings is 2. The lowest BCUT2D eigenvalue weighted by atomic mass is 9.82. The monoisotopic (exact) mass is 450 g/mol. The number of piperidine rings is 2. The van der Waals surface area contributed by atoms with Crippen LogP contribution in [-0.2, 0) is 24.2 Å². The minimum Gasteiger partial charge on any atom is -0.493 e. The number of amides is 1. The van der Waals surface area contributed by atoms with E-state index in [2.05, 4.69) is 34.1 Å². The summed E-state index contributed by atoms with van der Waals surface area (Å²) in [4.78, 5) is 17.8. The number of hydrogen-bond donors (Lipinski definition) is 0. The SMILES string of the molecule is COc1cc(CN2C(=O)CC[C@H]3CN(C4Cc5ccccc5C4)CC[C@H]32)cc(OC)c1OC. The smallest absolute Gasteiger partial charge is 0.223 e. The van der Waals surface area contributed by atoms with Crippen molar-refractivity contribution < 1.29 is 19.0 Å². The van der Waals surface area contributed by atoms with E-state index in [0.29, 0.717) is 48.2 Å². The highest BCUT2D eigenvalue weighted by atomic mass is 16.5. The summed E-state index contributed by atoms with van der Waals surface area (Å²) in [7, 11) is 4.86. The molecule has 0 aromatic heterocycles. The van der Waals surface area contributed by atoms with Gasteiger partial charge in [-0.25, -0.2) is 0 Å². The van der Waals surface area contributed by atoms with Crippen LogP contribution in [0.15, 0.2) is 36.4 Å². The normalized spacial score (nSPS) is 23.2. The first-order chi connectivity index (χ1) is 16.1. The van der Waals surface area contributed by atoms with Crippen molar-refractivity contribution in [3.05, 3.63) is 53.1 Å². The van der Waals surface area contributed by atoms with Crippen molar-refractivity contribution in [3.63, 3.8) is 0 Å². The van der Waals surface area contributed by atoms with E-state index in [-0.39, 0.29) is 5.91 Å². The van der Waals surface area contributed by atoms with E-state index >= 15 is 0 Å². The van der Waals surface area contributed by atoms with Crippen LogP contribution in [0.1, 0.15) is 36.0 Å². The van der Waals surface area contributed by atoms with E-state index in [9.17, 15) is 4.79 Å². The number of carbonyl (C=O) groups excluding carboxylic acids is 1. The predicted molar refractivity (Wildman–Crippen MR) is 127 cm³/mol. The van der Waals surface area contributed by atoms with Gasteiger partial charge in [-0.15, -0.1) is 0 Å². The van der Waals surface area contributed by atoms with Gasteiger partial charge in [0.2, 0.25) is 11.7 Å². The molecule has 6 heteroatoms. The van der Waals surface area contributed by atoms with E-state index in [0.717, 1.165) is 44.3 Å². The second-order valence-corrected chi connectivity index (χ2v) is 9.54. The summed E-state index contributed by atoms with van der Waals surface area (Å²) in [5.74, 6) is 2.62. The zero-order valence-electron chi connectivity index (χ0n) is 19.9. The van der Waals surface area contributed by atoms with Gasteiger partial charge in [0.15, 0.2) is 11.5 Å². The Bertz CT molecular complexity index is 973. The zero-order valence-corrected chi connectivity index (χ0v) is 19.9. The highest BCUT2D eigenvalue weighted by Gasteiger charge is 2.41. The van der Waals surface area contributed by atoms with Crippen molar-refractivity contribution in [2.24, 2.45) is 5.92 Å². The summed E-state index contributed by atoms with van der Waals surface area (Å²) in [6.07, 6.45) is 4.96. The Hall–Kier alpha value is -2.73. The minimum absolute atomic E-state index is 0.256. The molecule has 176 valence electrons. The Morgan fingerprint density at radius 1 is 0.939 bits per heavy atom. The molecule has 2 aromatic rings. The molecule has 0 N–H and O–H groups in total. The molecule has 0 saturated carbocycles. The van der Waals surface area contributed by atoms with Crippen molar-refractivity contribution in [3.8, 4) is 17.2 Å². The molecule has 3 aliphatic rings. The molecule has 33 heavy (non-hydrogen) atoms. The molecule has 1 aliphatic carbocycles. The van der Waals surface area contributed by atoms with Crippen LogP contribution >= 0.6 is 0 Å². The molecule has 2 aliphatic heterocycles. The molecule has 2 fully saturated rings. The molecule has 0 radical (unpaired) electrons. The molecule has 2 saturated heterocycles. The van der Waals surface area contributed by atoms with Crippen LogP contribution in [0.5, 0.6) is 17.2 Å². The van der Waals surface area contributed by atoms with E-state index in [1.807, 2.05) is 12.1 Å². The van der Waals surface area contributed by atoms with Crippen LogP contribution in [0.2, 0.25) is 0 Å². The molecule has 0 spiro atoms. The van der Waals surface area contributed by atoms with Crippen LogP contribution in [0.3, 0.4) is 0 Å². The number of nitrogens with zero attached hydrogens (tertiary/aromatic N) is 2. The predicted octanol–water partition coefficient (Wildman–Crippen LogP) is 3.69. The Kier molecular flexibility index (Phi) is 6.19. The third-order valence-corrected chi connectivity index (χ3v) is 7.80. The molecule has 5 rings (SSSR count). The van der Waals surface area contributed by atoms with Gasteiger partial charge in [0.05, 0.1) is 21.3 Å². The van der Waals surface area contributed by atoms with Gasteiger partial charge in [0.1, 0.15) is 0 Å². The van der Waals surface area contributed by atoms with Crippen LogP contribution in [0.4, 0.5) is 0 Å².